The van der Waals surface area contributed by atoms with Crippen molar-refractivity contribution in [2.75, 3.05) is 20.2 Å². The molecule has 11 heteroatoms. The number of primary sulfonamides is 1. The van der Waals surface area contributed by atoms with E-state index >= 15 is 0 Å². The Labute approximate surface area is 231 Å². The van der Waals surface area contributed by atoms with Gasteiger partial charge >= 0.3 is 0 Å². The van der Waals surface area contributed by atoms with Crippen molar-refractivity contribution in [2.45, 2.75) is 17.7 Å². The first kappa shape index (κ1) is 26.8. The van der Waals surface area contributed by atoms with Gasteiger partial charge in [0.25, 0.3) is 11.7 Å². The lowest BCUT2D eigenvalue weighted by atomic mass is 9.97. The number of hydrogen-bond acceptors (Lipinski definition) is 6. The van der Waals surface area contributed by atoms with Gasteiger partial charge in [0.2, 0.25) is 10.0 Å². The van der Waals surface area contributed by atoms with Gasteiger partial charge in [0.05, 0.1) is 46.9 Å². The van der Waals surface area contributed by atoms with Gasteiger partial charge in [0.15, 0.2) is 5.70 Å². The molecule has 1 fully saturated rings. The molecule has 1 amide bonds. The zero-order valence-electron chi connectivity index (χ0n) is 21.5. The topological polar surface area (TPSA) is 140 Å². The lowest BCUT2D eigenvalue weighted by Crippen LogP contribution is -2.40. The fourth-order valence-electron chi connectivity index (χ4n) is 4.89. The summed E-state index contributed by atoms with van der Waals surface area (Å²) in [5, 5.41) is 5.60. The Kier molecular flexibility index (Phi) is 7.21. The number of amides is 1. The maximum absolute atomic E-state index is 13.5. The van der Waals surface area contributed by atoms with E-state index in [1.54, 1.807) is 12.1 Å². The second-order valence-electron chi connectivity index (χ2n) is 9.25. The first-order valence-electron chi connectivity index (χ1n) is 12.4. The second-order valence-corrected chi connectivity index (χ2v) is 10.8. The van der Waals surface area contributed by atoms with Crippen LogP contribution in [0.1, 0.15) is 28.8 Å². The van der Waals surface area contributed by atoms with Crippen LogP contribution in [0.2, 0.25) is 0 Å². The summed E-state index contributed by atoms with van der Waals surface area (Å²) in [7, 11) is -2.41. The van der Waals surface area contributed by atoms with E-state index in [2.05, 4.69) is 14.8 Å². The molecule has 1 saturated heterocycles. The van der Waals surface area contributed by atoms with Crippen LogP contribution >= 0.6 is 0 Å². The quantitative estimate of drug-likeness (QED) is 0.209. The number of ketones is 1. The number of nitrogens with zero attached hydrogens (tertiary/aromatic N) is 3. The van der Waals surface area contributed by atoms with Crippen molar-refractivity contribution in [3.8, 4) is 17.0 Å². The summed E-state index contributed by atoms with van der Waals surface area (Å²) < 4.78 is 28.7. The van der Waals surface area contributed by atoms with Gasteiger partial charge in [-0.05, 0) is 30.5 Å². The summed E-state index contributed by atoms with van der Waals surface area (Å²) in [6.07, 6.45) is 3.92. The highest BCUT2D eigenvalue weighted by atomic mass is 32.2. The Balaban J connectivity index is 1.42. The number of carbonyl (C=O) groups is 2. The highest BCUT2D eigenvalue weighted by molar-refractivity contribution is 7.89. The van der Waals surface area contributed by atoms with Crippen molar-refractivity contribution in [1.29, 1.82) is 0 Å². The number of methoxy groups -OCH3 is 1. The Hall–Kier alpha value is -4.79. The third-order valence-corrected chi connectivity index (χ3v) is 7.87. The van der Waals surface area contributed by atoms with Gasteiger partial charge < -0.3 is 14.6 Å². The van der Waals surface area contributed by atoms with Crippen molar-refractivity contribution < 1.29 is 22.7 Å². The van der Waals surface area contributed by atoms with Crippen molar-refractivity contribution in [1.82, 2.24) is 14.9 Å². The summed E-state index contributed by atoms with van der Waals surface area (Å²) in [5.41, 5.74) is 4.05. The minimum Gasteiger partial charge on any atom is -0.494 e. The smallest absolute Gasteiger partial charge is 0.295 e. The number of nitrogens with two attached hydrogens (primary N) is 1. The molecule has 1 aliphatic heterocycles. The zero-order valence-corrected chi connectivity index (χ0v) is 22.4. The van der Waals surface area contributed by atoms with E-state index in [4.69, 9.17) is 16.4 Å². The lowest BCUT2D eigenvalue weighted by Gasteiger charge is -2.28. The minimum absolute atomic E-state index is 0.0409. The number of aromatic nitrogens is 2. The summed E-state index contributed by atoms with van der Waals surface area (Å²) >= 11 is 0. The Morgan fingerprint density at radius 3 is 2.35 bits per heavy atom. The maximum atomic E-state index is 13.5. The van der Waals surface area contributed by atoms with E-state index in [-0.39, 0.29) is 10.5 Å². The van der Waals surface area contributed by atoms with Crippen LogP contribution in [0, 0.1) is 6.57 Å². The predicted octanol–water partition coefficient (Wildman–Crippen LogP) is 4.02. The monoisotopic (exact) mass is 555 g/mol. The number of aromatic amines is 1. The van der Waals surface area contributed by atoms with E-state index < -0.39 is 21.7 Å². The number of Topliss-reactive ketones (excluding diaryl/α,β-unsaturated/α-hetero) is 1. The molecular formula is C29H25N5O5S. The average molecular weight is 556 g/mol. The van der Waals surface area contributed by atoms with Crippen molar-refractivity contribution >= 4 is 38.3 Å². The second kappa shape index (κ2) is 10.8. The lowest BCUT2D eigenvalue weighted by molar-refractivity contribution is -0.126. The van der Waals surface area contributed by atoms with Gasteiger partial charge in [0, 0.05) is 24.8 Å². The van der Waals surface area contributed by atoms with Crippen molar-refractivity contribution in [3.63, 3.8) is 0 Å². The number of hydrogen-bond donors (Lipinski definition) is 2. The standard InChI is InChI=1S/C29H25N5O5S/c1-31-25(18-6-4-3-5-7-18)20-12-14-34(15-13-20)29(36)28(35)22-16-32-27-24(22)23(39-2)17-33-26(27)19-8-10-21(11-9-19)40(30,37)38/h3-11,16-17,32H,12-15H2,2H3,(H2,30,37,38). The summed E-state index contributed by atoms with van der Waals surface area (Å²) in [5.74, 6) is -1.01. The first-order chi connectivity index (χ1) is 19.2. The Bertz CT molecular complexity index is 1790. The van der Waals surface area contributed by atoms with E-state index in [1.165, 1.54) is 36.5 Å². The fraction of sp³-hybridized carbons (Fsp3) is 0.172. The van der Waals surface area contributed by atoms with Crippen LogP contribution < -0.4 is 9.88 Å². The summed E-state index contributed by atoms with van der Waals surface area (Å²) in [6.45, 7) is 8.30. The Morgan fingerprint density at radius 1 is 1.07 bits per heavy atom. The minimum atomic E-state index is -3.86. The molecular weight excluding hydrogens is 530 g/mol. The maximum Gasteiger partial charge on any atom is 0.295 e. The molecule has 3 N–H and O–H groups in total. The third kappa shape index (κ3) is 4.98. The molecule has 0 saturated carbocycles. The van der Waals surface area contributed by atoms with Crippen LogP contribution in [0.5, 0.6) is 5.75 Å². The SMILES string of the molecule is [C-]#[N+]C(=C1CCN(C(=O)C(=O)c2c[nH]c3c(-c4ccc(S(N)(=O)=O)cc4)ncc(OC)c23)CC1)c1ccccc1. The molecule has 0 aliphatic carbocycles. The van der Waals surface area contributed by atoms with Gasteiger partial charge in [-0.3, -0.25) is 14.6 Å². The van der Waals surface area contributed by atoms with Crippen LogP contribution in [0.15, 0.2) is 77.5 Å². The highest BCUT2D eigenvalue weighted by Crippen LogP contribution is 2.35. The molecule has 2 aromatic heterocycles. The van der Waals surface area contributed by atoms with Crippen LogP contribution in [0.3, 0.4) is 0 Å². The highest BCUT2D eigenvalue weighted by Gasteiger charge is 2.30. The molecule has 0 spiro atoms. The molecule has 202 valence electrons. The fourth-order valence-corrected chi connectivity index (χ4v) is 5.41. The molecule has 10 nitrogen and oxygen atoms in total. The third-order valence-electron chi connectivity index (χ3n) is 6.94. The molecule has 0 bridgehead atoms. The molecule has 5 rings (SSSR count). The molecule has 40 heavy (non-hydrogen) atoms. The number of nitrogens with one attached hydrogen (secondary N) is 1. The van der Waals surface area contributed by atoms with Crippen molar-refractivity contribution in [3.05, 3.63) is 95.1 Å². The number of ether oxygens (including phenoxy) is 1. The van der Waals surface area contributed by atoms with Gasteiger partial charge in [-0.15, -0.1) is 0 Å². The van der Waals surface area contributed by atoms with Gasteiger partial charge in [-0.2, -0.15) is 0 Å². The molecule has 3 heterocycles. The summed E-state index contributed by atoms with van der Waals surface area (Å²) in [4.78, 5) is 39.4. The number of H-pyrrole nitrogens is 1. The number of carbonyl (C=O) groups excluding carboxylic acids is 2. The molecule has 4 aromatic rings. The molecule has 2 aromatic carbocycles. The average Bonchev–Trinajstić information content (AvgIpc) is 3.42. The number of piperidine rings is 1. The van der Waals surface area contributed by atoms with E-state index in [0.29, 0.717) is 59.5 Å². The first-order valence-corrected chi connectivity index (χ1v) is 13.9. The van der Waals surface area contributed by atoms with Crippen LogP contribution in [-0.2, 0) is 14.8 Å². The summed E-state index contributed by atoms with van der Waals surface area (Å²) in [6, 6.07) is 15.3. The largest absolute Gasteiger partial charge is 0.494 e. The zero-order chi connectivity index (χ0) is 28.4. The van der Waals surface area contributed by atoms with Crippen molar-refractivity contribution in [2.24, 2.45) is 5.14 Å². The number of rotatable bonds is 6. The number of sulfonamides is 1. The molecule has 0 radical (unpaired) electrons. The van der Waals surface area contributed by atoms with E-state index in [9.17, 15) is 18.0 Å². The van der Waals surface area contributed by atoms with Crippen LogP contribution in [0.4, 0.5) is 0 Å². The van der Waals surface area contributed by atoms with Gasteiger partial charge in [-0.1, -0.05) is 48.0 Å². The molecule has 1 aliphatic rings. The Morgan fingerprint density at radius 2 is 1.75 bits per heavy atom. The van der Waals surface area contributed by atoms with Gasteiger partial charge in [-0.25, -0.2) is 18.4 Å². The molecule has 0 unspecified atom stereocenters. The van der Waals surface area contributed by atoms with E-state index in [0.717, 1.165) is 11.1 Å². The number of benzene rings is 2. The number of fused-ring (bicyclic) bond motifs is 1. The number of pyridine rings is 1. The van der Waals surface area contributed by atoms with Crippen LogP contribution in [0.25, 0.3) is 32.7 Å². The van der Waals surface area contributed by atoms with E-state index in [1.807, 2.05) is 30.3 Å². The normalized spacial score (nSPS) is 13.6. The number of likely N-dealkylation sites (tertiary alicyclic amines) is 1. The molecule has 0 atom stereocenters. The van der Waals surface area contributed by atoms with Crippen LogP contribution in [-0.4, -0.2) is 55.2 Å². The van der Waals surface area contributed by atoms with Gasteiger partial charge in [0.1, 0.15) is 5.75 Å². The predicted molar refractivity (Wildman–Crippen MR) is 150 cm³/mol.